The minimum Gasteiger partial charge on any atom is -0.387 e. The molecule has 110 valence electrons. The summed E-state index contributed by atoms with van der Waals surface area (Å²) in [7, 11) is 0. The molecule has 0 bridgehead atoms. The minimum absolute atomic E-state index is 0.149. The van der Waals surface area contributed by atoms with Crippen molar-refractivity contribution in [3.63, 3.8) is 0 Å². The molecule has 3 atom stereocenters. The summed E-state index contributed by atoms with van der Waals surface area (Å²) in [5.74, 6) is 0.522. The van der Waals surface area contributed by atoms with Gasteiger partial charge in [0.25, 0.3) is 0 Å². The highest BCUT2D eigenvalue weighted by Gasteiger charge is 2.24. The molecule has 0 saturated heterocycles. The number of urea groups is 1. The predicted molar refractivity (Wildman–Crippen MR) is 79.7 cm³/mol. The van der Waals surface area contributed by atoms with Gasteiger partial charge in [0, 0.05) is 23.2 Å². The van der Waals surface area contributed by atoms with Gasteiger partial charge in [-0.2, -0.15) is 0 Å². The van der Waals surface area contributed by atoms with Crippen LogP contribution in [0.25, 0.3) is 0 Å². The van der Waals surface area contributed by atoms with E-state index in [4.69, 9.17) is 11.6 Å². The summed E-state index contributed by atoms with van der Waals surface area (Å²) in [4.78, 5) is 11.8. The van der Waals surface area contributed by atoms with Crippen molar-refractivity contribution >= 4 is 17.6 Å². The van der Waals surface area contributed by atoms with E-state index >= 15 is 0 Å². The molecule has 1 fully saturated rings. The summed E-state index contributed by atoms with van der Waals surface area (Å²) in [5, 5.41) is 16.2. The number of carbonyl (C=O) groups excluding carboxylic acids is 1. The van der Waals surface area contributed by atoms with Crippen LogP contribution in [0.4, 0.5) is 4.79 Å². The van der Waals surface area contributed by atoms with Gasteiger partial charge in [0.15, 0.2) is 0 Å². The first-order chi connectivity index (χ1) is 9.58. The first-order valence-corrected chi connectivity index (χ1v) is 7.42. The molecule has 0 aromatic heterocycles. The Hall–Kier alpha value is -1.26. The van der Waals surface area contributed by atoms with Crippen LogP contribution in [0.2, 0.25) is 5.02 Å². The SMILES string of the molecule is CC1CCCC1NC(=O)NCC(O)c1ccccc1Cl. The Morgan fingerprint density at radius 2 is 2.20 bits per heavy atom. The Labute approximate surface area is 124 Å². The summed E-state index contributed by atoms with van der Waals surface area (Å²) < 4.78 is 0. The van der Waals surface area contributed by atoms with Crippen LogP contribution in [-0.4, -0.2) is 23.7 Å². The number of nitrogens with one attached hydrogen (secondary N) is 2. The van der Waals surface area contributed by atoms with Crippen molar-refractivity contribution < 1.29 is 9.90 Å². The largest absolute Gasteiger partial charge is 0.387 e. The van der Waals surface area contributed by atoms with Crippen molar-refractivity contribution in [2.45, 2.75) is 38.3 Å². The van der Waals surface area contributed by atoms with Crippen LogP contribution in [-0.2, 0) is 0 Å². The van der Waals surface area contributed by atoms with E-state index in [0.717, 1.165) is 19.3 Å². The number of carbonyl (C=O) groups is 1. The second-order valence-corrected chi connectivity index (χ2v) is 5.81. The van der Waals surface area contributed by atoms with E-state index in [2.05, 4.69) is 17.6 Å². The summed E-state index contributed by atoms with van der Waals surface area (Å²) in [5.41, 5.74) is 0.628. The van der Waals surface area contributed by atoms with Crippen molar-refractivity contribution in [1.29, 1.82) is 0 Å². The number of aliphatic hydroxyl groups is 1. The number of aliphatic hydroxyl groups excluding tert-OH is 1. The van der Waals surface area contributed by atoms with Crippen molar-refractivity contribution in [3.05, 3.63) is 34.9 Å². The van der Waals surface area contributed by atoms with Crippen molar-refractivity contribution in [3.8, 4) is 0 Å². The zero-order valence-corrected chi connectivity index (χ0v) is 12.4. The molecule has 2 amide bonds. The summed E-state index contributed by atoms with van der Waals surface area (Å²) in [6, 6.07) is 7.11. The first-order valence-electron chi connectivity index (χ1n) is 7.04. The zero-order chi connectivity index (χ0) is 14.5. The van der Waals surface area contributed by atoms with Crippen LogP contribution < -0.4 is 10.6 Å². The Bertz CT molecular complexity index is 467. The van der Waals surface area contributed by atoms with E-state index < -0.39 is 6.10 Å². The van der Waals surface area contributed by atoms with Crippen LogP contribution in [0.15, 0.2) is 24.3 Å². The molecule has 3 unspecified atom stereocenters. The molecule has 4 nitrogen and oxygen atoms in total. The molecule has 2 rings (SSSR count). The summed E-state index contributed by atoms with van der Waals surface area (Å²) >= 11 is 6.00. The molecule has 5 heteroatoms. The van der Waals surface area contributed by atoms with Crippen LogP contribution >= 0.6 is 11.6 Å². The third kappa shape index (κ3) is 3.87. The highest BCUT2D eigenvalue weighted by molar-refractivity contribution is 6.31. The van der Waals surface area contributed by atoms with Crippen molar-refractivity contribution in [1.82, 2.24) is 10.6 Å². The van der Waals surface area contributed by atoms with Gasteiger partial charge in [0.1, 0.15) is 0 Å². The molecule has 1 aromatic rings. The van der Waals surface area contributed by atoms with E-state index in [-0.39, 0.29) is 18.6 Å². The molecular weight excluding hydrogens is 276 g/mol. The predicted octanol–water partition coefficient (Wildman–Crippen LogP) is 2.86. The minimum atomic E-state index is -0.796. The first kappa shape index (κ1) is 15.1. The Kier molecular flexibility index (Phi) is 5.26. The molecule has 3 N–H and O–H groups in total. The molecule has 1 aromatic carbocycles. The fourth-order valence-corrected chi connectivity index (χ4v) is 2.89. The van der Waals surface area contributed by atoms with E-state index in [1.165, 1.54) is 0 Å². The lowest BCUT2D eigenvalue weighted by Gasteiger charge is -2.19. The van der Waals surface area contributed by atoms with Gasteiger partial charge in [-0.1, -0.05) is 43.1 Å². The molecule has 1 saturated carbocycles. The van der Waals surface area contributed by atoms with Gasteiger partial charge in [-0.15, -0.1) is 0 Å². The van der Waals surface area contributed by atoms with Gasteiger partial charge in [-0.3, -0.25) is 0 Å². The number of hydrogen-bond acceptors (Lipinski definition) is 2. The second kappa shape index (κ2) is 6.95. The standard InChI is InChI=1S/C15H21ClN2O2/c1-10-5-4-8-13(10)18-15(20)17-9-14(19)11-6-2-3-7-12(11)16/h2-3,6-7,10,13-14,19H,4-5,8-9H2,1H3,(H2,17,18,20). The van der Waals surface area contributed by atoms with Crippen molar-refractivity contribution in [2.75, 3.05) is 6.54 Å². The van der Waals surface area contributed by atoms with Gasteiger partial charge < -0.3 is 15.7 Å². The molecule has 20 heavy (non-hydrogen) atoms. The fourth-order valence-electron chi connectivity index (χ4n) is 2.62. The molecule has 0 heterocycles. The molecule has 1 aliphatic carbocycles. The highest BCUT2D eigenvalue weighted by atomic mass is 35.5. The third-order valence-corrected chi connectivity index (χ3v) is 4.24. The van der Waals surface area contributed by atoms with Gasteiger partial charge in [-0.05, 0) is 24.8 Å². The normalized spacial score (nSPS) is 23.4. The molecule has 0 spiro atoms. The maximum absolute atomic E-state index is 11.8. The number of halogens is 1. The van der Waals surface area contributed by atoms with Gasteiger partial charge in [0.05, 0.1) is 6.10 Å². The average molecular weight is 297 g/mol. The van der Waals surface area contributed by atoms with E-state index in [1.807, 2.05) is 6.07 Å². The smallest absolute Gasteiger partial charge is 0.315 e. The number of hydrogen-bond donors (Lipinski definition) is 3. The monoisotopic (exact) mass is 296 g/mol. The lowest BCUT2D eigenvalue weighted by atomic mass is 10.1. The van der Waals surface area contributed by atoms with Crippen LogP contribution in [0.5, 0.6) is 0 Å². The van der Waals surface area contributed by atoms with Gasteiger partial charge in [-0.25, -0.2) is 4.79 Å². The lowest BCUT2D eigenvalue weighted by molar-refractivity contribution is 0.172. The van der Waals surface area contributed by atoms with Crippen LogP contribution in [0.1, 0.15) is 37.9 Å². The van der Waals surface area contributed by atoms with Gasteiger partial charge in [0.2, 0.25) is 0 Å². The Morgan fingerprint density at radius 3 is 2.85 bits per heavy atom. The maximum atomic E-state index is 11.8. The quantitative estimate of drug-likeness (QED) is 0.800. The average Bonchev–Trinajstić information content (AvgIpc) is 2.82. The maximum Gasteiger partial charge on any atom is 0.315 e. The topological polar surface area (TPSA) is 61.4 Å². The van der Waals surface area contributed by atoms with E-state index in [9.17, 15) is 9.90 Å². The highest BCUT2D eigenvalue weighted by Crippen LogP contribution is 2.25. The fraction of sp³-hybridized carbons (Fsp3) is 0.533. The van der Waals surface area contributed by atoms with Crippen LogP contribution in [0.3, 0.4) is 0 Å². The number of amides is 2. The molecule has 0 radical (unpaired) electrons. The lowest BCUT2D eigenvalue weighted by Crippen LogP contribution is -2.44. The third-order valence-electron chi connectivity index (χ3n) is 3.90. The Balaban J connectivity index is 1.80. The number of rotatable bonds is 4. The second-order valence-electron chi connectivity index (χ2n) is 5.41. The van der Waals surface area contributed by atoms with Crippen molar-refractivity contribution in [2.24, 2.45) is 5.92 Å². The number of benzene rings is 1. The van der Waals surface area contributed by atoms with Crippen LogP contribution in [0, 0.1) is 5.92 Å². The zero-order valence-electron chi connectivity index (χ0n) is 11.6. The molecular formula is C15H21ClN2O2. The molecule has 1 aliphatic rings. The van der Waals surface area contributed by atoms with Gasteiger partial charge >= 0.3 is 6.03 Å². The summed E-state index contributed by atoms with van der Waals surface area (Å²) in [6.45, 7) is 2.30. The molecule has 0 aliphatic heterocycles. The summed E-state index contributed by atoms with van der Waals surface area (Å²) in [6.07, 6.45) is 2.55. The van der Waals surface area contributed by atoms with E-state index in [1.54, 1.807) is 18.2 Å². The Morgan fingerprint density at radius 1 is 1.45 bits per heavy atom. The van der Waals surface area contributed by atoms with E-state index in [0.29, 0.717) is 16.5 Å².